The first kappa shape index (κ1) is 28.2. The van der Waals surface area contributed by atoms with E-state index in [9.17, 15) is 18.0 Å². The van der Waals surface area contributed by atoms with Crippen molar-refractivity contribution >= 4 is 17.4 Å². The number of rotatable bonds is 6. The second-order valence-electron chi connectivity index (χ2n) is 11.7. The fraction of sp³-hybridized carbons (Fsp3) is 0.586. The van der Waals surface area contributed by atoms with Crippen LogP contribution in [0.15, 0.2) is 42.6 Å². The number of piperidine rings is 1. The van der Waals surface area contributed by atoms with Crippen LogP contribution in [0.25, 0.3) is 0 Å². The maximum atomic E-state index is 13.1. The highest BCUT2D eigenvalue weighted by Crippen LogP contribution is 2.29. The highest BCUT2D eigenvalue weighted by molar-refractivity contribution is 5.78. The number of benzene rings is 1. The number of nitrogens with one attached hydrogen (secondary N) is 1. The van der Waals surface area contributed by atoms with Gasteiger partial charge in [-0.2, -0.15) is 13.2 Å². The molecule has 1 aromatic heterocycles. The van der Waals surface area contributed by atoms with Gasteiger partial charge in [0.2, 0.25) is 5.91 Å². The van der Waals surface area contributed by atoms with Crippen LogP contribution in [-0.2, 0) is 16.4 Å². The molecule has 0 spiro atoms. The van der Waals surface area contributed by atoms with E-state index < -0.39 is 11.7 Å². The predicted octanol–water partition coefficient (Wildman–Crippen LogP) is 5.26. The summed E-state index contributed by atoms with van der Waals surface area (Å²) in [4.78, 5) is 23.7. The Labute approximate surface area is 224 Å². The molecular weight excluding hydrogens is 491 g/mol. The number of aromatic nitrogens is 1. The van der Waals surface area contributed by atoms with Gasteiger partial charge in [0, 0.05) is 69.7 Å². The average Bonchev–Trinajstić information content (AvgIpc) is 2.88. The minimum Gasteiger partial charge on any atom is -0.369 e. The van der Waals surface area contributed by atoms with Crippen LogP contribution < -0.4 is 10.2 Å². The number of hydrogen-bond acceptors (Lipinski definition) is 5. The number of carbonyl (C=O) groups is 1. The van der Waals surface area contributed by atoms with Crippen LogP contribution >= 0.6 is 0 Å². The third-order valence-electron chi connectivity index (χ3n) is 7.67. The van der Waals surface area contributed by atoms with Crippen LogP contribution in [0.5, 0.6) is 0 Å². The summed E-state index contributed by atoms with van der Waals surface area (Å²) in [6.07, 6.45) is -2.05. The van der Waals surface area contributed by atoms with Gasteiger partial charge in [-0.05, 0) is 48.1 Å². The molecule has 2 aliphatic rings. The summed E-state index contributed by atoms with van der Waals surface area (Å²) < 4.78 is 38.2. The topological polar surface area (TPSA) is 51.7 Å². The van der Waals surface area contributed by atoms with Crippen molar-refractivity contribution in [1.82, 2.24) is 14.8 Å². The Bertz CT molecular complexity index is 1050. The molecule has 0 saturated carbocycles. The molecule has 1 N–H and O–H groups in total. The number of halogens is 3. The predicted molar refractivity (Wildman–Crippen MR) is 145 cm³/mol. The number of piperazine rings is 1. The molecule has 2 fully saturated rings. The number of hydrogen-bond donors (Lipinski definition) is 1. The fourth-order valence-electron chi connectivity index (χ4n) is 5.24. The Balaban J connectivity index is 1.19. The van der Waals surface area contributed by atoms with E-state index >= 15 is 0 Å². The Hall–Kier alpha value is -2.81. The van der Waals surface area contributed by atoms with Gasteiger partial charge in [0.05, 0.1) is 5.56 Å². The maximum Gasteiger partial charge on any atom is 0.417 e. The van der Waals surface area contributed by atoms with Crippen molar-refractivity contribution in [3.63, 3.8) is 0 Å². The van der Waals surface area contributed by atoms with E-state index in [1.807, 2.05) is 11.8 Å². The Morgan fingerprint density at radius 2 is 1.55 bits per heavy atom. The van der Waals surface area contributed by atoms with E-state index in [4.69, 9.17) is 0 Å². The van der Waals surface area contributed by atoms with Crippen molar-refractivity contribution in [1.29, 1.82) is 0 Å². The molecule has 2 aliphatic heterocycles. The van der Waals surface area contributed by atoms with Crippen molar-refractivity contribution in [2.45, 2.75) is 58.2 Å². The van der Waals surface area contributed by atoms with Crippen LogP contribution in [0.1, 0.15) is 51.7 Å². The molecule has 0 aliphatic carbocycles. The zero-order valence-corrected chi connectivity index (χ0v) is 22.9. The van der Waals surface area contributed by atoms with Gasteiger partial charge in [-0.1, -0.05) is 39.8 Å². The lowest BCUT2D eigenvalue weighted by Crippen LogP contribution is -2.50. The third kappa shape index (κ3) is 7.18. The lowest BCUT2D eigenvalue weighted by Gasteiger charge is -2.38. The molecule has 9 heteroatoms. The van der Waals surface area contributed by atoms with Gasteiger partial charge in [0.1, 0.15) is 5.82 Å². The van der Waals surface area contributed by atoms with Crippen LogP contribution in [0.2, 0.25) is 0 Å². The molecule has 2 saturated heterocycles. The van der Waals surface area contributed by atoms with Crippen LogP contribution in [0.3, 0.4) is 0 Å². The Morgan fingerprint density at radius 3 is 2.08 bits per heavy atom. The van der Waals surface area contributed by atoms with Gasteiger partial charge in [0.15, 0.2) is 0 Å². The molecule has 0 bridgehead atoms. The Kier molecular flexibility index (Phi) is 8.55. The summed E-state index contributed by atoms with van der Waals surface area (Å²) >= 11 is 0. The van der Waals surface area contributed by atoms with Gasteiger partial charge >= 0.3 is 6.18 Å². The van der Waals surface area contributed by atoms with E-state index in [1.54, 1.807) is 0 Å². The average molecular weight is 532 g/mol. The number of anilines is 2. The standard InChI is InChI=1S/C29H40F3N5O/c1-21(20-35-15-17-36(18-16-35)25-8-5-22(6-9-25)28(2,3)4)27(38)37-13-11-24(12-14-37)34-26-10-7-23(19-33-26)29(30,31)32/h5-10,19,21,24H,11-18,20H2,1-4H3,(H,33,34). The monoisotopic (exact) mass is 531 g/mol. The molecular formula is C29H40F3N5O. The SMILES string of the molecule is CC(CN1CCN(c2ccc(C(C)(C)C)cc2)CC1)C(=O)N1CCC(Nc2ccc(C(F)(F)F)cn2)CC1. The van der Waals surface area contributed by atoms with Crippen molar-refractivity contribution in [3.8, 4) is 0 Å². The molecule has 6 nitrogen and oxygen atoms in total. The molecule has 2 aromatic rings. The van der Waals surface area contributed by atoms with Gasteiger partial charge < -0.3 is 15.1 Å². The molecule has 208 valence electrons. The number of carbonyl (C=O) groups excluding carboxylic acids is 1. The van der Waals surface area contributed by atoms with E-state index in [-0.39, 0.29) is 23.3 Å². The molecule has 1 amide bonds. The summed E-state index contributed by atoms with van der Waals surface area (Å²) in [5, 5.41) is 3.21. The van der Waals surface area contributed by atoms with E-state index in [0.29, 0.717) is 18.9 Å². The molecule has 1 unspecified atom stereocenters. The molecule has 0 radical (unpaired) electrons. The van der Waals surface area contributed by atoms with Crippen LogP contribution in [0, 0.1) is 5.92 Å². The second kappa shape index (κ2) is 11.5. The largest absolute Gasteiger partial charge is 0.417 e. The minimum atomic E-state index is -4.39. The first-order valence-electron chi connectivity index (χ1n) is 13.6. The van der Waals surface area contributed by atoms with E-state index in [1.165, 1.54) is 17.3 Å². The summed E-state index contributed by atoms with van der Waals surface area (Å²) in [5.41, 5.74) is 1.98. The highest BCUT2D eigenvalue weighted by Gasteiger charge is 2.31. The number of likely N-dealkylation sites (tertiary alicyclic amines) is 1. The van der Waals surface area contributed by atoms with Crippen LogP contribution in [-0.4, -0.2) is 72.5 Å². The number of nitrogens with zero attached hydrogens (tertiary/aromatic N) is 4. The molecule has 38 heavy (non-hydrogen) atoms. The summed E-state index contributed by atoms with van der Waals surface area (Å²) in [5.74, 6) is 0.533. The minimum absolute atomic E-state index is 0.0753. The smallest absolute Gasteiger partial charge is 0.369 e. The lowest BCUT2D eigenvalue weighted by molar-refractivity contribution is -0.138. The first-order chi connectivity index (χ1) is 17.9. The molecule has 3 heterocycles. The van der Waals surface area contributed by atoms with Crippen molar-refractivity contribution in [3.05, 3.63) is 53.7 Å². The second-order valence-corrected chi connectivity index (χ2v) is 11.7. The van der Waals surface area contributed by atoms with Crippen LogP contribution in [0.4, 0.5) is 24.7 Å². The molecule has 1 aromatic carbocycles. The zero-order valence-electron chi connectivity index (χ0n) is 22.9. The first-order valence-corrected chi connectivity index (χ1v) is 13.6. The maximum absolute atomic E-state index is 13.1. The van der Waals surface area contributed by atoms with E-state index in [2.05, 4.69) is 65.1 Å². The van der Waals surface area contributed by atoms with Gasteiger partial charge in [-0.3, -0.25) is 9.69 Å². The number of alkyl halides is 3. The fourth-order valence-corrected chi connectivity index (χ4v) is 5.24. The summed E-state index contributed by atoms with van der Waals surface area (Å²) in [6.45, 7) is 14.5. The van der Waals surface area contributed by atoms with Gasteiger partial charge in [-0.15, -0.1) is 0 Å². The molecule has 1 atom stereocenters. The lowest BCUT2D eigenvalue weighted by atomic mass is 9.87. The van der Waals surface area contributed by atoms with Crippen molar-refractivity contribution < 1.29 is 18.0 Å². The summed E-state index contributed by atoms with van der Waals surface area (Å²) in [7, 11) is 0. The van der Waals surface area contributed by atoms with Gasteiger partial charge in [-0.25, -0.2) is 4.98 Å². The Morgan fingerprint density at radius 1 is 0.947 bits per heavy atom. The zero-order chi connectivity index (χ0) is 27.5. The normalized spacial score (nSPS) is 18.9. The highest BCUT2D eigenvalue weighted by atomic mass is 19.4. The van der Waals surface area contributed by atoms with E-state index in [0.717, 1.165) is 57.8 Å². The third-order valence-corrected chi connectivity index (χ3v) is 7.67. The summed E-state index contributed by atoms with van der Waals surface area (Å²) in [6, 6.07) is 11.4. The molecule has 4 rings (SSSR count). The quantitative estimate of drug-likeness (QED) is 0.551. The number of amides is 1. The van der Waals surface area contributed by atoms with Gasteiger partial charge in [0.25, 0.3) is 0 Å². The number of pyridine rings is 1. The van der Waals surface area contributed by atoms with Crippen molar-refractivity contribution in [2.75, 3.05) is 56.0 Å². The van der Waals surface area contributed by atoms with Crippen molar-refractivity contribution in [2.24, 2.45) is 5.92 Å².